The summed E-state index contributed by atoms with van der Waals surface area (Å²) in [6.07, 6.45) is 0. The summed E-state index contributed by atoms with van der Waals surface area (Å²) in [6.45, 7) is 5.22. The fourth-order valence-corrected chi connectivity index (χ4v) is 1.27. The molecule has 0 atom stereocenters. The Balaban J connectivity index is 2.73. The number of methoxy groups -OCH3 is 1. The van der Waals surface area contributed by atoms with Gasteiger partial charge in [0.1, 0.15) is 5.75 Å². The van der Waals surface area contributed by atoms with Crippen molar-refractivity contribution in [3.8, 4) is 5.75 Å². The SMILES string of the molecule is COc1ccc(Cl)c(NCC(C)C)c1. The molecular formula is C11H16ClNO. The minimum Gasteiger partial charge on any atom is -0.497 e. The molecule has 2 nitrogen and oxygen atoms in total. The van der Waals surface area contributed by atoms with Gasteiger partial charge in [0.15, 0.2) is 0 Å². The predicted molar refractivity (Wildman–Crippen MR) is 61.3 cm³/mol. The van der Waals surface area contributed by atoms with Gasteiger partial charge in [-0.25, -0.2) is 0 Å². The Labute approximate surface area is 90.2 Å². The molecule has 0 unspecified atom stereocenters. The third kappa shape index (κ3) is 3.11. The van der Waals surface area contributed by atoms with E-state index in [1.54, 1.807) is 7.11 Å². The van der Waals surface area contributed by atoms with Crippen LogP contribution in [0.3, 0.4) is 0 Å². The van der Waals surface area contributed by atoms with E-state index in [2.05, 4.69) is 19.2 Å². The zero-order valence-electron chi connectivity index (χ0n) is 8.80. The Morgan fingerprint density at radius 1 is 1.43 bits per heavy atom. The molecule has 0 radical (unpaired) electrons. The summed E-state index contributed by atoms with van der Waals surface area (Å²) >= 11 is 6.02. The van der Waals surface area contributed by atoms with Crippen LogP contribution >= 0.6 is 11.6 Å². The monoisotopic (exact) mass is 213 g/mol. The molecule has 0 bridgehead atoms. The van der Waals surface area contributed by atoms with Crippen molar-refractivity contribution in [2.24, 2.45) is 5.92 Å². The van der Waals surface area contributed by atoms with Crippen LogP contribution in [0.1, 0.15) is 13.8 Å². The second kappa shape index (κ2) is 5.11. The molecule has 0 spiro atoms. The van der Waals surface area contributed by atoms with Crippen molar-refractivity contribution in [3.05, 3.63) is 23.2 Å². The molecule has 0 amide bonds. The molecule has 0 heterocycles. The number of anilines is 1. The molecule has 1 rings (SSSR count). The number of rotatable bonds is 4. The molecule has 0 saturated carbocycles. The maximum absolute atomic E-state index is 6.02. The van der Waals surface area contributed by atoms with Crippen LogP contribution in [-0.4, -0.2) is 13.7 Å². The highest BCUT2D eigenvalue weighted by Gasteiger charge is 2.02. The van der Waals surface area contributed by atoms with Crippen LogP contribution in [0.2, 0.25) is 5.02 Å². The molecule has 0 aliphatic carbocycles. The largest absolute Gasteiger partial charge is 0.497 e. The van der Waals surface area contributed by atoms with Gasteiger partial charge < -0.3 is 10.1 Å². The fourth-order valence-electron chi connectivity index (χ4n) is 1.08. The first-order valence-electron chi connectivity index (χ1n) is 4.71. The van der Waals surface area contributed by atoms with Crippen molar-refractivity contribution < 1.29 is 4.74 Å². The first kappa shape index (κ1) is 11.2. The number of ether oxygens (including phenoxy) is 1. The van der Waals surface area contributed by atoms with Crippen LogP contribution in [0.15, 0.2) is 18.2 Å². The molecule has 0 saturated heterocycles. The Kier molecular flexibility index (Phi) is 4.08. The summed E-state index contributed by atoms with van der Waals surface area (Å²) in [4.78, 5) is 0. The topological polar surface area (TPSA) is 21.3 Å². The van der Waals surface area contributed by atoms with Gasteiger partial charge in [0.2, 0.25) is 0 Å². The fraction of sp³-hybridized carbons (Fsp3) is 0.455. The number of halogens is 1. The molecule has 0 fully saturated rings. The van der Waals surface area contributed by atoms with Crippen molar-refractivity contribution in [1.82, 2.24) is 0 Å². The number of hydrogen-bond acceptors (Lipinski definition) is 2. The van der Waals surface area contributed by atoms with Gasteiger partial charge >= 0.3 is 0 Å². The zero-order chi connectivity index (χ0) is 10.6. The first-order valence-corrected chi connectivity index (χ1v) is 5.08. The highest BCUT2D eigenvalue weighted by Crippen LogP contribution is 2.26. The van der Waals surface area contributed by atoms with Crippen LogP contribution in [0, 0.1) is 5.92 Å². The summed E-state index contributed by atoms with van der Waals surface area (Å²) in [5, 5.41) is 4.00. The van der Waals surface area contributed by atoms with Gasteiger partial charge in [-0.05, 0) is 18.1 Å². The van der Waals surface area contributed by atoms with E-state index >= 15 is 0 Å². The predicted octanol–water partition coefficient (Wildman–Crippen LogP) is 3.42. The second-order valence-corrected chi connectivity index (χ2v) is 4.03. The maximum atomic E-state index is 6.02. The molecule has 1 aromatic carbocycles. The molecule has 78 valence electrons. The minimum atomic E-state index is 0.595. The molecule has 0 aliphatic rings. The summed E-state index contributed by atoms with van der Waals surface area (Å²) in [5.41, 5.74) is 0.930. The normalized spacial score (nSPS) is 10.4. The highest BCUT2D eigenvalue weighted by atomic mass is 35.5. The van der Waals surface area contributed by atoms with E-state index in [4.69, 9.17) is 16.3 Å². The van der Waals surface area contributed by atoms with Gasteiger partial charge in [0.05, 0.1) is 17.8 Å². The van der Waals surface area contributed by atoms with E-state index in [-0.39, 0.29) is 0 Å². The van der Waals surface area contributed by atoms with E-state index in [1.165, 1.54) is 0 Å². The van der Waals surface area contributed by atoms with Crippen molar-refractivity contribution in [2.75, 3.05) is 19.0 Å². The molecule has 1 N–H and O–H groups in total. The van der Waals surface area contributed by atoms with E-state index in [0.717, 1.165) is 23.0 Å². The van der Waals surface area contributed by atoms with Gasteiger partial charge in [-0.15, -0.1) is 0 Å². The highest BCUT2D eigenvalue weighted by molar-refractivity contribution is 6.33. The van der Waals surface area contributed by atoms with Crippen LogP contribution in [-0.2, 0) is 0 Å². The van der Waals surface area contributed by atoms with Crippen LogP contribution in [0.4, 0.5) is 5.69 Å². The van der Waals surface area contributed by atoms with Crippen molar-refractivity contribution >= 4 is 17.3 Å². The molecule has 0 aliphatic heterocycles. The van der Waals surface area contributed by atoms with E-state index in [1.807, 2.05) is 18.2 Å². The molecule has 1 aromatic rings. The average Bonchev–Trinajstić information content (AvgIpc) is 2.16. The lowest BCUT2D eigenvalue weighted by Gasteiger charge is -2.11. The summed E-state index contributed by atoms with van der Waals surface area (Å²) in [7, 11) is 1.65. The summed E-state index contributed by atoms with van der Waals surface area (Å²) in [6, 6.07) is 5.59. The van der Waals surface area contributed by atoms with Gasteiger partial charge in [-0.2, -0.15) is 0 Å². The Morgan fingerprint density at radius 2 is 2.14 bits per heavy atom. The second-order valence-electron chi connectivity index (χ2n) is 3.62. The smallest absolute Gasteiger partial charge is 0.121 e. The average molecular weight is 214 g/mol. The van der Waals surface area contributed by atoms with E-state index < -0.39 is 0 Å². The van der Waals surface area contributed by atoms with Gasteiger partial charge in [-0.3, -0.25) is 0 Å². The van der Waals surface area contributed by atoms with Crippen molar-refractivity contribution in [3.63, 3.8) is 0 Å². The number of nitrogens with one attached hydrogen (secondary N) is 1. The third-order valence-corrected chi connectivity index (χ3v) is 2.20. The molecular weight excluding hydrogens is 198 g/mol. The lowest BCUT2D eigenvalue weighted by Crippen LogP contribution is -2.08. The minimum absolute atomic E-state index is 0.595. The molecule has 3 heteroatoms. The Hall–Kier alpha value is -0.890. The third-order valence-electron chi connectivity index (χ3n) is 1.87. The zero-order valence-corrected chi connectivity index (χ0v) is 9.56. The quantitative estimate of drug-likeness (QED) is 0.828. The van der Waals surface area contributed by atoms with Gasteiger partial charge in [0.25, 0.3) is 0 Å². The van der Waals surface area contributed by atoms with Crippen molar-refractivity contribution in [2.45, 2.75) is 13.8 Å². The van der Waals surface area contributed by atoms with Crippen molar-refractivity contribution in [1.29, 1.82) is 0 Å². The standard InChI is InChI=1S/C11H16ClNO/c1-8(2)7-13-11-6-9(14-3)4-5-10(11)12/h4-6,8,13H,7H2,1-3H3. The maximum Gasteiger partial charge on any atom is 0.121 e. The lowest BCUT2D eigenvalue weighted by molar-refractivity contribution is 0.415. The van der Waals surface area contributed by atoms with Gasteiger partial charge in [0, 0.05) is 12.6 Å². The Morgan fingerprint density at radius 3 is 2.71 bits per heavy atom. The number of hydrogen-bond donors (Lipinski definition) is 1. The summed E-state index contributed by atoms with van der Waals surface area (Å²) in [5.74, 6) is 1.41. The van der Waals surface area contributed by atoms with E-state index in [9.17, 15) is 0 Å². The lowest BCUT2D eigenvalue weighted by atomic mass is 10.2. The van der Waals surface area contributed by atoms with Crippen LogP contribution in [0.5, 0.6) is 5.75 Å². The Bertz CT molecular complexity index is 299. The first-order chi connectivity index (χ1) is 6.63. The van der Waals surface area contributed by atoms with Gasteiger partial charge in [-0.1, -0.05) is 25.4 Å². The van der Waals surface area contributed by atoms with Crippen LogP contribution in [0.25, 0.3) is 0 Å². The van der Waals surface area contributed by atoms with E-state index in [0.29, 0.717) is 5.92 Å². The molecule has 0 aromatic heterocycles. The van der Waals surface area contributed by atoms with Crippen LogP contribution < -0.4 is 10.1 Å². The number of benzene rings is 1. The summed E-state index contributed by atoms with van der Waals surface area (Å²) < 4.78 is 5.12. The molecule has 14 heavy (non-hydrogen) atoms.